The van der Waals surface area contributed by atoms with E-state index in [2.05, 4.69) is 30.4 Å². The van der Waals surface area contributed by atoms with Crippen LogP contribution in [0.15, 0.2) is 24.3 Å². The van der Waals surface area contributed by atoms with Crippen LogP contribution in [0.25, 0.3) is 0 Å². The number of fused-ring (bicyclic) bond motifs is 1. The molecule has 3 rings (SSSR count). The van der Waals surface area contributed by atoms with E-state index >= 15 is 0 Å². The van der Waals surface area contributed by atoms with Crippen LogP contribution in [0.3, 0.4) is 0 Å². The number of benzene rings is 1. The number of hydrogen-bond acceptors (Lipinski definition) is 3. The van der Waals surface area contributed by atoms with Crippen molar-refractivity contribution >= 4 is 5.91 Å². The minimum atomic E-state index is -0.330. The zero-order chi connectivity index (χ0) is 14.1. The fraction of sp³-hybridized carbons (Fsp3) is 0.562. The number of carbonyl (C=O) groups excluding carboxylic acids is 1. The second-order valence-corrected chi connectivity index (χ2v) is 5.93. The Morgan fingerprint density at radius 3 is 2.95 bits per heavy atom. The third kappa shape index (κ3) is 2.45. The number of nitrogens with one attached hydrogen (secondary N) is 1. The highest BCUT2D eigenvalue weighted by atomic mass is 16.5. The molecule has 0 spiro atoms. The van der Waals surface area contributed by atoms with Crippen LogP contribution in [0.5, 0.6) is 0 Å². The van der Waals surface area contributed by atoms with E-state index in [1.165, 1.54) is 11.1 Å². The van der Waals surface area contributed by atoms with Crippen LogP contribution < -0.4 is 11.1 Å². The summed E-state index contributed by atoms with van der Waals surface area (Å²) in [5.74, 6) is 0.442. The van der Waals surface area contributed by atoms with Crippen LogP contribution in [0.2, 0.25) is 0 Å². The molecule has 1 heterocycles. The van der Waals surface area contributed by atoms with Crippen molar-refractivity contribution in [3.63, 3.8) is 0 Å². The molecular formula is C16H22N2O2. The minimum absolute atomic E-state index is 0.00880. The highest BCUT2D eigenvalue weighted by Crippen LogP contribution is 2.36. The van der Waals surface area contributed by atoms with Gasteiger partial charge in [0, 0.05) is 6.54 Å². The van der Waals surface area contributed by atoms with E-state index in [1.807, 2.05) is 6.07 Å². The van der Waals surface area contributed by atoms with Gasteiger partial charge in [0.1, 0.15) is 6.10 Å². The topological polar surface area (TPSA) is 64.4 Å². The number of hydrogen-bond donors (Lipinski definition) is 2. The zero-order valence-corrected chi connectivity index (χ0v) is 11.8. The maximum Gasteiger partial charge on any atom is 0.249 e. The molecule has 0 radical (unpaired) electrons. The summed E-state index contributed by atoms with van der Waals surface area (Å²) in [6, 6.07) is 8.46. The second-order valence-electron chi connectivity index (χ2n) is 5.93. The predicted octanol–water partition coefficient (Wildman–Crippen LogP) is 1.54. The van der Waals surface area contributed by atoms with Crippen molar-refractivity contribution < 1.29 is 9.53 Å². The lowest BCUT2D eigenvalue weighted by molar-refractivity contribution is -0.132. The molecule has 4 atom stereocenters. The van der Waals surface area contributed by atoms with Gasteiger partial charge in [0.2, 0.25) is 5.91 Å². The Balaban J connectivity index is 1.67. The smallest absolute Gasteiger partial charge is 0.249 e. The van der Waals surface area contributed by atoms with E-state index < -0.39 is 0 Å². The monoisotopic (exact) mass is 274 g/mol. The van der Waals surface area contributed by atoms with Crippen LogP contribution in [-0.4, -0.2) is 24.7 Å². The van der Waals surface area contributed by atoms with Crippen molar-refractivity contribution in [1.29, 1.82) is 0 Å². The first-order chi connectivity index (χ1) is 9.69. The molecule has 2 aliphatic rings. The molecule has 108 valence electrons. The molecule has 1 aromatic carbocycles. The lowest BCUT2D eigenvalue weighted by atomic mass is 10.0. The number of amides is 1. The molecule has 1 amide bonds. The van der Waals surface area contributed by atoms with Gasteiger partial charge in [-0.1, -0.05) is 31.2 Å². The fourth-order valence-corrected chi connectivity index (χ4v) is 3.33. The molecule has 0 aromatic heterocycles. The van der Waals surface area contributed by atoms with E-state index in [-0.39, 0.29) is 24.2 Å². The van der Waals surface area contributed by atoms with E-state index in [4.69, 9.17) is 10.5 Å². The van der Waals surface area contributed by atoms with E-state index in [1.54, 1.807) is 0 Å². The average molecular weight is 274 g/mol. The molecule has 1 aliphatic carbocycles. The van der Waals surface area contributed by atoms with Crippen LogP contribution in [0.4, 0.5) is 0 Å². The van der Waals surface area contributed by atoms with Crippen LogP contribution in [-0.2, 0) is 16.0 Å². The quantitative estimate of drug-likeness (QED) is 0.879. The van der Waals surface area contributed by atoms with Gasteiger partial charge in [-0.3, -0.25) is 4.79 Å². The Morgan fingerprint density at radius 2 is 2.20 bits per heavy atom. The Hall–Kier alpha value is -1.39. The summed E-state index contributed by atoms with van der Waals surface area (Å²) in [7, 11) is 0. The minimum Gasteiger partial charge on any atom is -0.364 e. The molecule has 0 saturated carbocycles. The average Bonchev–Trinajstić information content (AvgIpc) is 3.04. The van der Waals surface area contributed by atoms with E-state index in [0.29, 0.717) is 12.5 Å². The van der Waals surface area contributed by atoms with E-state index in [0.717, 1.165) is 19.3 Å². The summed E-state index contributed by atoms with van der Waals surface area (Å²) >= 11 is 0. The molecule has 1 aliphatic heterocycles. The van der Waals surface area contributed by atoms with Gasteiger partial charge in [0.25, 0.3) is 0 Å². The van der Waals surface area contributed by atoms with Crippen LogP contribution in [0, 0.1) is 5.92 Å². The summed E-state index contributed by atoms with van der Waals surface area (Å²) in [4.78, 5) is 12.3. The molecule has 20 heavy (non-hydrogen) atoms. The Morgan fingerprint density at radius 1 is 1.40 bits per heavy atom. The molecular weight excluding hydrogens is 252 g/mol. The van der Waals surface area contributed by atoms with Gasteiger partial charge >= 0.3 is 0 Å². The molecule has 1 saturated heterocycles. The van der Waals surface area contributed by atoms with Crippen molar-refractivity contribution in [2.45, 2.75) is 44.4 Å². The van der Waals surface area contributed by atoms with Gasteiger partial charge in [0.15, 0.2) is 0 Å². The van der Waals surface area contributed by atoms with Crippen molar-refractivity contribution in [2.24, 2.45) is 11.7 Å². The number of rotatable bonds is 3. The third-order valence-corrected chi connectivity index (χ3v) is 4.46. The van der Waals surface area contributed by atoms with E-state index in [9.17, 15) is 4.79 Å². The highest BCUT2D eigenvalue weighted by molar-refractivity contribution is 5.81. The molecule has 0 bridgehead atoms. The van der Waals surface area contributed by atoms with Crippen molar-refractivity contribution in [2.75, 3.05) is 6.54 Å². The van der Waals surface area contributed by atoms with Crippen LogP contribution in [0.1, 0.15) is 36.9 Å². The summed E-state index contributed by atoms with van der Waals surface area (Å²) in [5.41, 5.74) is 8.18. The van der Waals surface area contributed by atoms with Crippen molar-refractivity contribution in [3.05, 3.63) is 35.4 Å². The first-order valence-electron chi connectivity index (χ1n) is 7.42. The predicted molar refractivity (Wildman–Crippen MR) is 77.1 cm³/mol. The normalized spacial score (nSPS) is 32.1. The van der Waals surface area contributed by atoms with Gasteiger partial charge in [0.05, 0.1) is 12.1 Å². The zero-order valence-electron chi connectivity index (χ0n) is 11.8. The fourth-order valence-electron chi connectivity index (χ4n) is 3.33. The summed E-state index contributed by atoms with van der Waals surface area (Å²) in [5, 5.41) is 3.17. The number of carbonyl (C=O) groups is 1. The Bertz CT molecular complexity index is 503. The number of ether oxygens (including phenoxy) is 1. The lowest BCUT2D eigenvalue weighted by Crippen LogP contribution is -2.38. The SMILES string of the molecule is CC1Cc2ccccc2C1NC(=O)[C@@H]1CC[C@H](CN)O1. The first-order valence-corrected chi connectivity index (χ1v) is 7.42. The molecule has 3 N–H and O–H groups in total. The summed E-state index contributed by atoms with van der Waals surface area (Å²) in [6.07, 6.45) is 2.39. The van der Waals surface area contributed by atoms with Crippen LogP contribution >= 0.6 is 0 Å². The molecule has 1 fully saturated rings. The van der Waals surface area contributed by atoms with Crippen molar-refractivity contribution in [1.82, 2.24) is 5.32 Å². The van der Waals surface area contributed by atoms with Gasteiger partial charge in [-0.25, -0.2) is 0 Å². The first kappa shape index (κ1) is 13.6. The standard InChI is InChI=1S/C16H22N2O2/c1-10-8-11-4-2-3-5-13(11)15(10)18-16(19)14-7-6-12(9-17)20-14/h2-5,10,12,14-15H,6-9,17H2,1H3,(H,18,19)/t10?,12-,14+,15?/m1/s1. The number of nitrogens with two attached hydrogens (primary N) is 1. The maximum atomic E-state index is 12.3. The van der Waals surface area contributed by atoms with Crippen molar-refractivity contribution in [3.8, 4) is 0 Å². The molecule has 2 unspecified atom stereocenters. The van der Waals surface area contributed by atoms with Gasteiger partial charge in [-0.05, 0) is 36.3 Å². The van der Waals surface area contributed by atoms with Gasteiger partial charge in [-0.2, -0.15) is 0 Å². The largest absolute Gasteiger partial charge is 0.364 e. The molecule has 4 heteroatoms. The molecule has 1 aromatic rings. The summed E-state index contributed by atoms with van der Waals surface area (Å²) in [6.45, 7) is 2.68. The Labute approximate surface area is 119 Å². The van der Waals surface area contributed by atoms with Gasteiger partial charge < -0.3 is 15.8 Å². The maximum absolute atomic E-state index is 12.3. The summed E-state index contributed by atoms with van der Waals surface area (Å²) < 4.78 is 5.67. The van der Waals surface area contributed by atoms with Gasteiger partial charge in [-0.15, -0.1) is 0 Å². The third-order valence-electron chi connectivity index (χ3n) is 4.46. The Kier molecular flexibility index (Phi) is 3.76. The highest BCUT2D eigenvalue weighted by Gasteiger charge is 2.35. The second kappa shape index (κ2) is 5.54. The molecule has 4 nitrogen and oxygen atoms in total. The lowest BCUT2D eigenvalue weighted by Gasteiger charge is -2.21.